The third-order valence-electron chi connectivity index (χ3n) is 4.57. The normalized spacial score (nSPS) is 15.1. The highest BCUT2D eigenvalue weighted by molar-refractivity contribution is 5.94. The maximum Gasteiger partial charge on any atom is 0.305 e. The topological polar surface area (TPSA) is 140 Å². The van der Waals surface area contributed by atoms with Crippen LogP contribution in [0.15, 0.2) is 24.3 Å². The molecule has 10 heteroatoms. The fourth-order valence-corrected chi connectivity index (χ4v) is 3.06. The van der Waals surface area contributed by atoms with E-state index in [4.69, 9.17) is 5.11 Å². The Labute approximate surface area is 148 Å². The van der Waals surface area contributed by atoms with E-state index in [0.717, 1.165) is 6.42 Å². The summed E-state index contributed by atoms with van der Waals surface area (Å²) in [6.45, 7) is 1.62. The molecular formula is C16H17N5O5. The second-order valence-electron chi connectivity index (χ2n) is 6.37. The molecule has 1 aromatic carbocycles. The van der Waals surface area contributed by atoms with Crippen LogP contribution in [0.2, 0.25) is 0 Å². The van der Waals surface area contributed by atoms with Crippen LogP contribution in [0.5, 0.6) is 0 Å². The Hall–Kier alpha value is -3.30. The van der Waals surface area contributed by atoms with Crippen LogP contribution in [0, 0.1) is 17.0 Å². The van der Waals surface area contributed by atoms with Crippen LogP contribution in [0.1, 0.15) is 41.9 Å². The molecule has 136 valence electrons. The second-order valence-corrected chi connectivity index (χ2v) is 6.37. The fraction of sp³-hybridized carbons (Fsp3) is 0.375. The van der Waals surface area contributed by atoms with Gasteiger partial charge in [0, 0.05) is 12.1 Å². The summed E-state index contributed by atoms with van der Waals surface area (Å²) in [5.41, 5.74) is 0.0383. The van der Waals surface area contributed by atoms with Gasteiger partial charge in [0.2, 0.25) is 0 Å². The lowest BCUT2D eigenvalue weighted by Crippen LogP contribution is -2.54. The summed E-state index contributed by atoms with van der Waals surface area (Å²) >= 11 is 0. The van der Waals surface area contributed by atoms with Crippen LogP contribution >= 0.6 is 0 Å². The van der Waals surface area contributed by atoms with Crippen LogP contribution in [-0.4, -0.2) is 42.4 Å². The number of nitrogens with one attached hydrogen (secondary N) is 1. The van der Waals surface area contributed by atoms with E-state index in [1.54, 1.807) is 13.0 Å². The van der Waals surface area contributed by atoms with Crippen molar-refractivity contribution in [3.05, 3.63) is 45.8 Å². The van der Waals surface area contributed by atoms with Gasteiger partial charge in [0.1, 0.15) is 0 Å². The maximum absolute atomic E-state index is 12.5. The van der Waals surface area contributed by atoms with Gasteiger partial charge in [0.15, 0.2) is 5.69 Å². The van der Waals surface area contributed by atoms with E-state index < -0.39 is 22.3 Å². The number of hydrogen-bond donors (Lipinski definition) is 2. The van der Waals surface area contributed by atoms with Gasteiger partial charge in [0.25, 0.3) is 11.6 Å². The number of carboxylic acid groups (broad SMARTS) is 1. The number of benzene rings is 1. The Kier molecular flexibility index (Phi) is 4.41. The van der Waals surface area contributed by atoms with E-state index in [-0.39, 0.29) is 17.8 Å². The van der Waals surface area contributed by atoms with Gasteiger partial charge in [0.05, 0.1) is 28.3 Å². The molecular weight excluding hydrogens is 342 g/mol. The average molecular weight is 359 g/mol. The van der Waals surface area contributed by atoms with Gasteiger partial charge in [-0.05, 0) is 32.3 Å². The lowest BCUT2D eigenvalue weighted by atomic mass is 9.74. The van der Waals surface area contributed by atoms with Gasteiger partial charge in [-0.1, -0.05) is 11.3 Å². The highest BCUT2D eigenvalue weighted by Crippen LogP contribution is 2.35. The van der Waals surface area contributed by atoms with Crippen molar-refractivity contribution in [2.45, 2.75) is 38.1 Å². The van der Waals surface area contributed by atoms with E-state index in [0.29, 0.717) is 24.2 Å². The molecule has 0 saturated heterocycles. The number of nitro groups is 1. The number of nitrogens with zero attached hydrogens (tertiary/aromatic N) is 4. The molecule has 1 saturated carbocycles. The van der Waals surface area contributed by atoms with Crippen LogP contribution in [0.3, 0.4) is 0 Å². The lowest BCUT2D eigenvalue weighted by molar-refractivity contribution is -0.384. The molecule has 1 aliphatic rings. The number of amides is 1. The van der Waals surface area contributed by atoms with Crippen molar-refractivity contribution in [3.63, 3.8) is 0 Å². The molecule has 1 aliphatic carbocycles. The monoisotopic (exact) mass is 359 g/mol. The largest absolute Gasteiger partial charge is 0.481 e. The van der Waals surface area contributed by atoms with Crippen molar-refractivity contribution in [2.75, 3.05) is 0 Å². The third-order valence-corrected chi connectivity index (χ3v) is 4.57. The first-order chi connectivity index (χ1) is 12.3. The van der Waals surface area contributed by atoms with E-state index in [1.165, 1.54) is 22.9 Å². The smallest absolute Gasteiger partial charge is 0.305 e. The number of hydrogen-bond acceptors (Lipinski definition) is 6. The Balaban J connectivity index is 1.85. The lowest BCUT2D eigenvalue weighted by Gasteiger charge is -2.41. The molecule has 10 nitrogen and oxygen atoms in total. The number of nitro benzene ring substituents is 1. The van der Waals surface area contributed by atoms with Gasteiger partial charge >= 0.3 is 5.97 Å². The van der Waals surface area contributed by atoms with E-state index in [1.807, 2.05) is 0 Å². The molecule has 0 unspecified atom stereocenters. The highest BCUT2D eigenvalue weighted by Gasteiger charge is 2.41. The van der Waals surface area contributed by atoms with Crippen LogP contribution in [0.4, 0.5) is 5.69 Å². The van der Waals surface area contributed by atoms with Crippen LogP contribution in [0.25, 0.3) is 5.69 Å². The predicted molar refractivity (Wildman–Crippen MR) is 89.1 cm³/mol. The summed E-state index contributed by atoms with van der Waals surface area (Å²) in [5.74, 6) is -1.47. The number of non-ortho nitro benzene ring substituents is 1. The first kappa shape index (κ1) is 17.5. The second kappa shape index (κ2) is 6.54. The van der Waals surface area contributed by atoms with Crippen molar-refractivity contribution >= 4 is 17.6 Å². The van der Waals surface area contributed by atoms with Crippen molar-refractivity contribution in [3.8, 4) is 5.69 Å². The molecule has 0 radical (unpaired) electrons. The van der Waals surface area contributed by atoms with Crippen molar-refractivity contribution < 1.29 is 19.6 Å². The number of aliphatic carboxylic acids is 1. The maximum atomic E-state index is 12.5. The van der Waals surface area contributed by atoms with Crippen molar-refractivity contribution in [2.24, 2.45) is 0 Å². The molecule has 1 fully saturated rings. The average Bonchev–Trinajstić information content (AvgIpc) is 2.94. The standard InChI is InChI=1S/C16H17N5O5/c1-10-14(15(24)17-16(6-3-7-16)9-13(22)23)18-19-20(10)11-4-2-5-12(8-11)21(25)26/h2,4-5,8H,3,6-7,9H2,1H3,(H,17,24)(H,22,23). The minimum atomic E-state index is -0.970. The number of carbonyl (C=O) groups excluding carboxylic acids is 1. The molecule has 2 N–H and O–H groups in total. The van der Waals surface area contributed by atoms with Crippen LogP contribution < -0.4 is 5.32 Å². The first-order valence-electron chi connectivity index (χ1n) is 8.03. The molecule has 0 bridgehead atoms. The van der Waals surface area contributed by atoms with Gasteiger partial charge in [-0.15, -0.1) is 5.10 Å². The van der Waals surface area contributed by atoms with E-state index in [2.05, 4.69) is 15.6 Å². The molecule has 2 aromatic rings. The fourth-order valence-electron chi connectivity index (χ4n) is 3.06. The van der Waals surface area contributed by atoms with Crippen molar-refractivity contribution in [1.29, 1.82) is 0 Å². The number of carbonyl (C=O) groups is 2. The number of rotatable bonds is 6. The van der Waals surface area contributed by atoms with Crippen molar-refractivity contribution in [1.82, 2.24) is 20.3 Å². The highest BCUT2D eigenvalue weighted by atomic mass is 16.6. The first-order valence-corrected chi connectivity index (χ1v) is 8.03. The molecule has 0 aliphatic heterocycles. The molecule has 3 rings (SSSR count). The predicted octanol–water partition coefficient (Wildman–Crippen LogP) is 1.61. The van der Waals surface area contributed by atoms with Gasteiger partial charge < -0.3 is 10.4 Å². The molecule has 1 heterocycles. The Morgan fingerprint density at radius 3 is 2.73 bits per heavy atom. The van der Waals surface area contributed by atoms with E-state index >= 15 is 0 Å². The number of carboxylic acids is 1. The Bertz CT molecular complexity index is 887. The molecule has 26 heavy (non-hydrogen) atoms. The van der Waals surface area contributed by atoms with Gasteiger partial charge in [-0.3, -0.25) is 19.7 Å². The zero-order valence-corrected chi connectivity index (χ0v) is 14.0. The van der Waals surface area contributed by atoms with Gasteiger partial charge in [-0.25, -0.2) is 4.68 Å². The number of aromatic nitrogens is 3. The molecule has 0 spiro atoms. The summed E-state index contributed by atoms with van der Waals surface area (Å²) in [6, 6.07) is 5.83. The molecule has 1 aromatic heterocycles. The third kappa shape index (κ3) is 3.25. The van der Waals surface area contributed by atoms with Crippen LogP contribution in [-0.2, 0) is 4.79 Å². The zero-order chi connectivity index (χ0) is 18.9. The summed E-state index contributed by atoms with van der Waals surface area (Å²) < 4.78 is 1.34. The quantitative estimate of drug-likeness (QED) is 0.589. The minimum absolute atomic E-state index is 0.0631. The Morgan fingerprint density at radius 1 is 1.42 bits per heavy atom. The Morgan fingerprint density at radius 2 is 2.15 bits per heavy atom. The summed E-state index contributed by atoms with van der Waals surface area (Å²) in [7, 11) is 0. The zero-order valence-electron chi connectivity index (χ0n) is 14.0. The SMILES string of the molecule is Cc1c(C(=O)NC2(CC(=O)O)CCC2)nnn1-c1cccc([N+](=O)[O-])c1. The molecule has 1 amide bonds. The van der Waals surface area contributed by atoms with E-state index in [9.17, 15) is 19.7 Å². The summed E-state index contributed by atoms with van der Waals surface area (Å²) in [4.78, 5) is 34.0. The summed E-state index contributed by atoms with van der Waals surface area (Å²) in [6.07, 6.45) is 1.91. The minimum Gasteiger partial charge on any atom is -0.481 e. The molecule has 0 atom stereocenters. The van der Waals surface area contributed by atoms with Gasteiger partial charge in [-0.2, -0.15) is 0 Å². The summed E-state index contributed by atoms with van der Waals surface area (Å²) in [5, 5.41) is 30.5.